The van der Waals surface area contributed by atoms with E-state index in [1.54, 1.807) is 0 Å². The molecular weight excluding hydrogens is 228 g/mol. The van der Waals surface area contributed by atoms with Crippen LogP contribution in [0.15, 0.2) is 0 Å². The molecule has 0 saturated heterocycles. The van der Waals surface area contributed by atoms with Gasteiger partial charge < -0.3 is 8.85 Å². The van der Waals surface area contributed by atoms with Crippen LogP contribution in [0.4, 0.5) is 0 Å². The zero-order chi connectivity index (χ0) is 12.6. The standard InChI is InChI=1S/C14H30O2Si/c1-4-6-12-15-17(3,16-13-7-5-2)14-10-8-9-11-14/h14H,4-13H2,1-3H3. The van der Waals surface area contributed by atoms with Crippen molar-refractivity contribution in [1.29, 1.82) is 0 Å². The molecule has 1 aliphatic rings. The van der Waals surface area contributed by atoms with Gasteiger partial charge in [0.05, 0.1) is 0 Å². The Morgan fingerprint density at radius 3 is 1.82 bits per heavy atom. The topological polar surface area (TPSA) is 18.5 Å². The summed E-state index contributed by atoms with van der Waals surface area (Å²) < 4.78 is 12.4. The van der Waals surface area contributed by atoms with Gasteiger partial charge >= 0.3 is 8.56 Å². The van der Waals surface area contributed by atoms with Crippen molar-refractivity contribution in [3.05, 3.63) is 0 Å². The predicted octanol–water partition coefficient (Wildman–Crippen LogP) is 4.64. The molecule has 0 spiro atoms. The van der Waals surface area contributed by atoms with Crippen LogP contribution in [-0.2, 0) is 8.85 Å². The summed E-state index contributed by atoms with van der Waals surface area (Å²) in [5.74, 6) is 0. The molecule has 2 nitrogen and oxygen atoms in total. The van der Waals surface area contributed by atoms with Gasteiger partial charge in [0.1, 0.15) is 0 Å². The van der Waals surface area contributed by atoms with E-state index in [9.17, 15) is 0 Å². The number of rotatable bonds is 9. The molecule has 0 radical (unpaired) electrons. The van der Waals surface area contributed by atoms with E-state index in [0.29, 0.717) is 0 Å². The Morgan fingerprint density at radius 1 is 0.941 bits per heavy atom. The smallest absolute Gasteiger partial charge is 0.338 e. The Bertz CT molecular complexity index is 181. The zero-order valence-corrected chi connectivity index (χ0v) is 13.0. The third-order valence-corrected chi connectivity index (χ3v) is 7.49. The molecule has 1 rings (SSSR count). The van der Waals surface area contributed by atoms with E-state index in [1.165, 1.54) is 51.4 Å². The van der Waals surface area contributed by atoms with Crippen LogP contribution < -0.4 is 0 Å². The molecule has 0 amide bonds. The maximum absolute atomic E-state index is 6.22. The van der Waals surface area contributed by atoms with Crippen molar-refractivity contribution in [2.75, 3.05) is 13.2 Å². The minimum Gasteiger partial charge on any atom is -0.394 e. The fourth-order valence-electron chi connectivity index (χ4n) is 2.57. The van der Waals surface area contributed by atoms with E-state index in [0.717, 1.165) is 18.8 Å². The maximum Gasteiger partial charge on any atom is 0.338 e. The normalized spacial score (nSPS) is 17.8. The minimum absolute atomic E-state index is 0.746. The average Bonchev–Trinajstić information content (AvgIpc) is 2.84. The van der Waals surface area contributed by atoms with Gasteiger partial charge in [0.15, 0.2) is 0 Å². The van der Waals surface area contributed by atoms with Crippen LogP contribution in [-0.4, -0.2) is 21.8 Å². The van der Waals surface area contributed by atoms with Crippen LogP contribution in [0.1, 0.15) is 65.2 Å². The lowest BCUT2D eigenvalue weighted by Gasteiger charge is -2.32. The minimum atomic E-state index is -1.89. The van der Waals surface area contributed by atoms with E-state index < -0.39 is 8.56 Å². The molecule has 0 unspecified atom stereocenters. The second-order valence-electron chi connectivity index (χ2n) is 5.40. The SMILES string of the molecule is CCCCO[Si](C)(OCCCC)C1CCCC1. The molecule has 0 aliphatic heterocycles. The molecule has 1 fully saturated rings. The fraction of sp³-hybridized carbons (Fsp3) is 1.00. The summed E-state index contributed by atoms with van der Waals surface area (Å²) in [6.07, 6.45) is 10.2. The third kappa shape index (κ3) is 5.10. The molecule has 0 aromatic carbocycles. The highest BCUT2D eigenvalue weighted by molar-refractivity contribution is 6.67. The summed E-state index contributed by atoms with van der Waals surface area (Å²) >= 11 is 0. The fourth-order valence-corrected chi connectivity index (χ4v) is 5.68. The summed E-state index contributed by atoms with van der Waals surface area (Å²) in [6.45, 7) is 8.55. The Kier molecular flexibility index (Phi) is 7.40. The highest BCUT2D eigenvalue weighted by Crippen LogP contribution is 2.39. The van der Waals surface area contributed by atoms with Crippen LogP contribution >= 0.6 is 0 Å². The highest BCUT2D eigenvalue weighted by Gasteiger charge is 2.42. The van der Waals surface area contributed by atoms with Crippen LogP contribution in [0.2, 0.25) is 12.1 Å². The quantitative estimate of drug-likeness (QED) is 0.443. The molecule has 0 heterocycles. The highest BCUT2D eigenvalue weighted by atomic mass is 28.4. The maximum atomic E-state index is 6.22. The third-order valence-electron chi connectivity index (χ3n) is 3.87. The van der Waals surface area contributed by atoms with Crippen molar-refractivity contribution in [2.24, 2.45) is 0 Å². The van der Waals surface area contributed by atoms with E-state index in [2.05, 4.69) is 20.4 Å². The predicted molar refractivity (Wildman–Crippen MR) is 75.6 cm³/mol. The molecule has 0 bridgehead atoms. The average molecular weight is 258 g/mol. The van der Waals surface area contributed by atoms with Gasteiger partial charge in [0.2, 0.25) is 0 Å². The monoisotopic (exact) mass is 258 g/mol. The summed E-state index contributed by atoms with van der Waals surface area (Å²) in [5.41, 5.74) is 0.746. The Hall–Kier alpha value is 0.137. The molecule has 17 heavy (non-hydrogen) atoms. The number of hydrogen-bond acceptors (Lipinski definition) is 2. The van der Waals surface area contributed by atoms with Crippen LogP contribution in [0.5, 0.6) is 0 Å². The summed E-state index contributed by atoms with van der Waals surface area (Å²) in [5, 5.41) is 0. The van der Waals surface area contributed by atoms with Gasteiger partial charge in [-0.25, -0.2) is 0 Å². The van der Waals surface area contributed by atoms with E-state index >= 15 is 0 Å². The van der Waals surface area contributed by atoms with Crippen molar-refractivity contribution in [3.8, 4) is 0 Å². The first kappa shape index (κ1) is 15.2. The first-order chi connectivity index (χ1) is 8.23. The lowest BCUT2D eigenvalue weighted by Crippen LogP contribution is -2.43. The van der Waals surface area contributed by atoms with Crippen molar-refractivity contribution < 1.29 is 8.85 Å². The molecule has 0 aromatic heterocycles. The van der Waals surface area contributed by atoms with Gasteiger partial charge in [-0.1, -0.05) is 39.5 Å². The van der Waals surface area contributed by atoms with Crippen LogP contribution in [0.25, 0.3) is 0 Å². The Labute approximate surface area is 108 Å². The van der Waals surface area contributed by atoms with E-state index in [4.69, 9.17) is 8.85 Å². The molecule has 0 aromatic rings. The summed E-state index contributed by atoms with van der Waals surface area (Å²) in [7, 11) is -1.89. The van der Waals surface area contributed by atoms with Crippen molar-refractivity contribution in [3.63, 3.8) is 0 Å². The molecule has 0 N–H and O–H groups in total. The van der Waals surface area contributed by atoms with Gasteiger partial charge in [-0.15, -0.1) is 0 Å². The van der Waals surface area contributed by atoms with Crippen LogP contribution in [0.3, 0.4) is 0 Å². The second kappa shape index (κ2) is 8.28. The van der Waals surface area contributed by atoms with Crippen LogP contribution in [0, 0.1) is 0 Å². The lowest BCUT2D eigenvalue weighted by molar-refractivity contribution is 0.159. The molecule has 0 atom stereocenters. The molecule has 102 valence electrons. The van der Waals surface area contributed by atoms with E-state index in [-0.39, 0.29) is 0 Å². The Balaban J connectivity index is 2.42. The molecular formula is C14H30O2Si. The zero-order valence-electron chi connectivity index (χ0n) is 12.0. The van der Waals surface area contributed by atoms with Gasteiger partial charge in [-0.3, -0.25) is 0 Å². The number of hydrogen-bond donors (Lipinski definition) is 0. The van der Waals surface area contributed by atoms with Gasteiger partial charge in [-0.05, 0) is 32.2 Å². The molecule has 1 aliphatic carbocycles. The number of unbranched alkanes of at least 4 members (excludes halogenated alkanes) is 2. The van der Waals surface area contributed by atoms with Crippen molar-refractivity contribution in [2.45, 2.75) is 77.3 Å². The van der Waals surface area contributed by atoms with Gasteiger partial charge in [-0.2, -0.15) is 0 Å². The van der Waals surface area contributed by atoms with E-state index in [1.807, 2.05) is 0 Å². The van der Waals surface area contributed by atoms with Crippen molar-refractivity contribution >= 4 is 8.56 Å². The summed E-state index contributed by atoms with van der Waals surface area (Å²) in [6, 6.07) is 0. The van der Waals surface area contributed by atoms with Gasteiger partial charge in [0.25, 0.3) is 0 Å². The summed E-state index contributed by atoms with van der Waals surface area (Å²) in [4.78, 5) is 0. The second-order valence-corrected chi connectivity index (χ2v) is 8.83. The van der Waals surface area contributed by atoms with Crippen molar-refractivity contribution in [1.82, 2.24) is 0 Å². The van der Waals surface area contributed by atoms with Gasteiger partial charge in [0, 0.05) is 18.8 Å². The lowest BCUT2D eigenvalue weighted by atomic mass is 10.4. The molecule has 3 heteroatoms. The largest absolute Gasteiger partial charge is 0.394 e. The first-order valence-corrected chi connectivity index (χ1v) is 9.90. The molecule has 1 saturated carbocycles. The first-order valence-electron chi connectivity index (χ1n) is 7.50. The Morgan fingerprint density at radius 2 is 1.41 bits per heavy atom.